The fraction of sp³-hybridized carbons (Fsp3) is 0.579. The van der Waals surface area contributed by atoms with Gasteiger partial charge in [0.2, 0.25) is 5.91 Å². The van der Waals surface area contributed by atoms with Crippen LogP contribution < -0.4 is 5.32 Å². The van der Waals surface area contributed by atoms with Crippen molar-refractivity contribution in [2.75, 3.05) is 19.6 Å². The highest BCUT2D eigenvalue weighted by Crippen LogP contribution is 2.25. The molecule has 1 aliphatic rings. The third-order valence-electron chi connectivity index (χ3n) is 5.21. The molecule has 1 amide bonds. The zero-order valence-corrected chi connectivity index (χ0v) is 15.4. The zero-order valence-electron chi connectivity index (χ0n) is 15.4. The number of carbonyl (C=O) groups is 1. The standard InChI is InChI=1S/C19H28N4O2/c1-14-16(15(2)22(3)21-14)8-9-19(24)20-13-17(18-7-6-12-25-18)23-10-4-5-11-23/h6-7,12,17H,4-5,8-11,13H2,1-3H3,(H,20,24). The molecule has 1 unspecified atom stereocenters. The van der Waals surface area contributed by atoms with Crippen LogP contribution in [-0.2, 0) is 18.3 Å². The van der Waals surface area contributed by atoms with Gasteiger partial charge >= 0.3 is 0 Å². The van der Waals surface area contributed by atoms with Gasteiger partial charge in [-0.1, -0.05) is 0 Å². The highest BCUT2D eigenvalue weighted by Gasteiger charge is 2.25. The van der Waals surface area contributed by atoms with E-state index in [9.17, 15) is 4.79 Å². The lowest BCUT2D eigenvalue weighted by Gasteiger charge is -2.26. The maximum absolute atomic E-state index is 12.3. The fourth-order valence-corrected chi connectivity index (χ4v) is 3.66. The van der Waals surface area contributed by atoms with Crippen molar-refractivity contribution in [1.82, 2.24) is 20.0 Å². The zero-order chi connectivity index (χ0) is 17.8. The molecule has 3 heterocycles. The summed E-state index contributed by atoms with van der Waals surface area (Å²) >= 11 is 0. The van der Waals surface area contributed by atoms with Gasteiger partial charge in [-0.3, -0.25) is 14.4 Å². The number of aryl methyl sites for hydroxylation is 2. The van der Waals surface area contributed by atoms with E-state index in [1.807, 2.05) is 37.7 Å². The molecule has 1 atom stereocenters. The number of carbonyl (C=O) groups excluding carboxylic acids is 1. The van der Waals surface area contributed by atoms with E-state index in [1.165, 1.54) is 18.4 Å². The molecule has 1 fully saturated rings. The van der Waals surface area contributed by atoms with Crippen LogP contribution in [0.4, 0.5) is 0 Å². The van der Waals surface area contributed by atoms with Crippen molar-refractivity contribution in [2.24, 2.45) is 7.05 Å². The lowest BCUT2D eigenvalue weighted by molar-refractivity contribution is -0.121. The first-order valence-corrected chi connectivity index (χ1v) is 9.09. The number of aromatic nitrogens is 2. The summed E-state index contributed by atoms with van der Waals surface area (Å²) < 4.78 is 7.48. The van der Waals surface area contributed by atoms with Crippen LogP contribution in [0.5, 0.6) is 0 Å². The summed E-state index contributed by atoms with van der Waals surface area (Å²) in [5.74, 6) is 1.01. The Balaban J connectivity index is 1.54. The average Bonchev–Trinajstić information content (AvgIpc) is 3.32. The molecule has 0 saturated carbocycles. The van der Waals surface area contributed by atoms with Crippen LogP contribution in [0.2, 0.25) is 0 Å². The van der Waals surface area contributed by atoms with Crippen LogP contribution in [0, 0.1) is 13.8 Å². The molecule has 6 heteroatoms. The first-order valence-electron chi connectivity index (χ1n) is 9.09. The first-order chi connectivity index (χ1) is 12.1. The second-order valence-electron chi connectivity index (χ2n) is 6.85. The van der Waals surface area contributed by atoms with Gasteiger partial charge in [-0.15, -0.1) is 0 Å². The van der Waals surface area contributed by atoms with Crippen molar-refractivity contribution in [3.63, 3.8) is 0 Å². The molecule has 25 heavy (non-hydrogen) atoms. The van der Waals surface area contributed by atoms with E-state index in [0.29, 0.717) is 13.0 Å². The number of furan rings is 1. The number of rotatable bonds is 7. The summed E-state index contributed by atoms with van der Waals surface area (Å²) in [6.07, 6.45) is 5.34. The topological polar surface area (TPSA) is 63.3 Å². The largest absolute Gasteiger partial charge is 0.468 e. The van der Waals surface area contributed by atoms with Crippen LogP contribution in [-0.4, -0.2) is 40.2 Å². The Kier molecular flexibility index (Phi) is 5.58. The lowest BCUT2D eigenvalue weighted by atomic mass is 10.1. The van der Waals surface area contributed by atoms with E-state index in [2.05, 4.69) is 15.3 Å². The summed E-state index contributed by atoms with van der Waals surface area (Å²) in [5.41, 5.74) is 3.33. The van der Waals surface area contributed by atoms with Crippen LogP contribution >= 0.6 is 0 Å². The normalized spacial score (nSPS) is 16.3. The predicted molar refractivity (Wildman–Crippen MR) is 96.3 cm³/mol. The minimum atomic E-state index is 0.0819. The van der Waals surface area contributed by atoms with Crippen LogP contribution in [0.25, 0.3) is 0 Å². The molecule has 0 radical (unpaired) electrons. The Morgan fingerprint density at radius 3 is 2.72 bits per heavy atom. The molecule has 2 aromatic heterocycles. The maximum atomic E-state index is 12.3. The van der Waals surface area contributed by atoms with Gasteiger partial charge in [0, 0.05) is 25.7 Å². The third-order valence-corrected chi connectivity index (χ3v) is 5.21. The number of hydrogen-bond donors (Lipinski definition) is 1. The number of nitrogens with zero attached hydrogens (tertiary/aromatic N) is 3. The van der Waals surface area contributed by atoms with Gasteiger partial charge in [-0.25, -0.2) is 0 Å². The molecular weight excluding hydrogens is 316 g/mol. The summed E-state index contributed by atoms with van der Waals surface area (Å²) in [5, 5.41) is 7.51. The predicted octanol–water partition coefficient (Wildman–Crippen LogP) is 2.52. The van der Waals surface area contributed by atoms with Crippen molar-refractivity contribution in [2.45, 2.75) is 45.6 Å². The van der Waals surface area contributed by atoms with E-state index in [0.717, 1.165) is 36.7 Å². The monoisotopic (exact) mass is 344 g/mol. The molecule has 136 valence electrons. The molecule has 1 N–H and O–H groups in total. The Bertz CT molecular complexity index is 699. The average molecular weight is 344 g/mol. The minimum Gasteiger partial charge on any atom is -0.468 e. The third kappa shape index (κ3) is 4.12. The SMILES string of the molecule is Cc1nn(C)c(C)c1CCC(=O)NCC(c1ccco1)N1CCCC1. The highest BCUT2D eigenvalue weighted by atomic mass is 16.3. The number of likely N-dealkylation sites (tertiary alicyclic amines) is 1. The van der Waals surface area contributed by atoms with E-state index in [4.69, 9.17) is 4.42 Å². The number of amides is 1. The fourth-order valence-electron chi connectivity index (χ4n) is 3.66. The van der Waals surface area contributed by atoms with Crippen molar-refractivity contribution in [3.8, 4) is 0 Å². The molecule has 1 saturated heterocycles. The maximum Gasteiger partial charge on any atom is 0.220 e. The van der Waals surface area contributed by atoms with Crippen LogP contribution in [0.1, 0.15) is 48.0 Å². The minimum absolute atomic E-state index is 0.0819. The molecule has 0 aliphatic carbocycles. The molecule has 2 aromatic rings. The van der Waals surface area contributed by atoms with Gasteiger partial charge in [0.15, 0.2) is 0 Å². The van der Waals surface area contributed by atoms with Gasteiger partial charge in [0.25, 0.3) is 0 Å². The Labute approximate surface area is 149 Å². The van der Waals surface area contributed by atoms with Crippen LogP contribution in [0.15, 0.2) is 22.8 Å². The molecule has 0 spiro atoms. The molecule has 3 rings (SSSR count). The van der Waals surface area contributed by atoms with Crippen molar-refractivity contribution < 1.29 is 9.21 Å². The van der Waals surface area contributed by atoms with E-state index < -0.39 is 0 Å². The van der Waals surface area contributed by atoms with Gasteiger partial charge in [-0.05, 0) is 63.9 Å². The summed E-state index contributed by atoms with van der Waals surface area (Å²) in [6.45, 7) is 6.77. The smallest absolute Gasteiger partial charge is 0.220 e. The lowest BCUT2D eigenvalue weighted by Crippen LogP contribution is -2.36. The van der Waals surface area contributed by atoms with Crippen molar-refractivity contribution in [1.29, 1.82) is 0 Å². The Morgan fingerprint density at radius 1 is 1.36 bits per heavy atom. The van der Waals surface area contributed by atoms with E-state index >= 15 is 0 Å². The van der Waals surface area contributed by atoms with E-state index in [1.54, 1.807) is 6.26 Å². The van der Waals surface area contributed by atoms with Gasteiger partial charge in [0.05, 0.1) is 18.0 Å². The summed E-state index contributed by atoms with van der Waals surface area (Å²) in [4.78, 5) is 14.7. The number of hydrogen-bond acceptors (Lipinski definition) is 4. The van der Waals surface area contributed by atoms with Crippen molar-refractivity contribution in [3.05, 3.63) is 41.1 Å². The first kappa shape index (κ1) is 17.7. The molecular formula is C19H28N4O2. The Morgan fingerprint density at radius 2 is 2.12 bits per heavy atom. The van der Waals surface area contributed by atoms with Gasteiger partial charge in [0.1, 0.15) is 5.76 Å². The van der Waals surface area contributed by atoms with Crippen molar-refractivity contribution >= 4 is 5.91 Å². The van der Waals surface area contributed by atoms with E-state index in [-0.39, 0.29) is 11.9 Å². The summed E-state index contributed by atoms with van der Waals surface area (Å²) in [6, 6.07) is 4.04. The molecule has 1 aliphatic heterocycles. The highest BCUT2D eigenvalue weighted by molar-refractivity contribution is 5.76. The Hall–Kier alpha value is -2.08. The second-order valence-corrected chi connectivity index (χ2v) is 6.85. The quantitative estimate of drug-likeness (QED) is 0.838. The van der Waals surface area contributed by atoms with Gasteiger partial charge in [-0.2, -0.15) is 5.10 Å². The van der Waals surface area contributed by atoms with Crippen LogP contribution in [0.3, 0.4) is 0 Å². The molecule has 0 aromatic carbocycles. The second kappa shape index (κ2) is 7.87. The molecule has 0 bridgehead atoms. The summed E-state index contributed by atoms with van der Waals surface area (Å²) in [7, 11) is 1.94. The molecule has 6 nitrogen and oxygen atoms in total. The number of nitrogens with one attached hydrogen (secondary N) is 1. The van der Waals surface area contributed by atoms with Gasteiger partial charge < -0.3 is 9.73 Å².